The van der Waals surface area contributed by atoms with Crippen LogP contribution in [0.3, 0.4) is 0 Å². The van der Waals surface area contributed by atoms with Gasteiger partial charge in [-0.1, -0.05) is 0 Å². The molecule has 1 saturated carbocycles. The maximum absolute atomic E-state index is 11.2. The molecule has 0 aromatic carbocycles. The molecular formula is C24H48BN5O13. The molecule has 9 unspecified atom stereocenters. The first-order chi connectivity index (χ1) is 20.4. The number of hydrogen-bond donors (Lipinski definition) is 12. The number of nitrogens with two attached hydrogens (primary N) is 5. The van der Waals surface area contributed by atoms with Crippen molar-refractivity contribution in [2.45, 2.75) is 116 Å². The average molecular weight is 625 g/mol. The monoisotopic (exact) mass is 625 g/mol. The fourth-order valence-corrected chi connectivity index (χ4v) is 6.22. The number of ether oxygens (including phenoxy) is 6. The van der Waals surface area contributed by atoms with Gasteiger partial charge in [-0.15, -0.1) is 0 Å². The molecule has 19 heteroatoms. The molecule has 0 amide bonds. The SMILES string of the molecule is BC1C(O)[C@H](O)C(CN)O[C@@H]1O[C@@H]1C(N)C[C@@H](N)C(O)C1O[C@@H]1O[C@H](CO)[C@H](O[C@H]2OC(CN)[C@@H](O)C(CO)C2N)[C@@H]1O. The summed E-state index contributed by atoms with van der Waals surface area (Å²) in [4.78, 5) is 0. The van der Waals surface area contributed by atoms with Crippen molar-refractivity contribution in [2.75, 3.05) is 26.3 Å². The first kappa shape index (κ1) is 35.2. The van der Waals surface area contributed by atoms with Crippen molar-refractivity contribution in [3.05, 3.63) is 0 Å². The molecule has 18 nitrogen and oxygen atoms in total. The molecule has 3 heterocycles. The minimum absolute atomic E-state index is 0.0978. The summed E-state index contributed by atoms with van der Waals surface area (Å²) < 4.78 is 35.3. The van der Waals surface area contributed by atoms with Gasteiger partial charge in [0.2, 0.25) is 0 Å². The third-order valence-electron chi connectivity index (χ3n) is 9.03. The molecule has 17 N–H and O–H groups in total. The van der Waals surface area contributed by atoms with Crippen molar-refractivity contribution >= 4 is 7.85 Å². The van der Waals surface area contributed by atoms with Crippen LogP contribution in [0.5, 0.6) is 0 Å². The molecular weight excluding hydrogens is 577 g/mol. The second-order valence-electron chi connectivity index (χ2n) is 11.9. The first-order valence-corrected chi connectivity index (χ1v) is 14.6. The largest absolute Gasteiger partial charge is 0.396 e. The summed E-state index contributed by atoms with van der Waals surface area (Å²) in [6, 6.07) is -2.65. The molecule has 0 aromatic heterocycles. The van der Waals surface area contributed by atoms with Gasteiger partial charge in [-0.05, 0) is 6.42 Å². The molecule has 0 spiro atoms. The van der Waals surface area contributed by atoms with Gasteiger partial charge in [0.05, 0.1) is 43.7 Å². The standard InChI is InChI=1S/C24H48BN5O13/c25-12-17(36)16(35)10(3-27)38-22(12)41-19-8(29)1-7(28)15(34)21(19)43-24-18(37)20(11(5-32)40-24)42-23-13(30)6(4-31)14(33)9(2-26)39-23/h6-24,31-37H,1-5,25-30H2/t6?,7-,8?,9?,10?,11-,12?,13?,14+,15?,16-,17?,18+,19-,20+,21?,22-,23-,24+/m1/s1. The van der Waals surface area contributed by atoms with Gasteiger partial charge in [-0.3, -0.25) is 0 Å². The third kappa shape index (κ3) is 7.04. The summed E-state index contributed by atoms with van der Waals surface area (Å²) in [6.45, 7) is -1.29. The van der Waals surface area contributed by atoms with E-state index in [0.29, 0.717) is 0 Å². The van der Waals surface area contributed by atoms with E-state index >= 15 is 0 Å². The lowest BCUT2D eigenvalue weighted by Gasteiger charge is -2.47. The Morgan fingerprint density at radius 3 is 1.77 bits per heavy atom. The summed E-state index contributed by atoms with van der Waals surface area (Å²) in [5.74, 6) is -1.56. The normalized spacial score (nSPS) is 52.8. The lowest BCUT2D eigenvalue weighted by Crippen LogP contribution is -2.65. The Labute approximate surface area is 249 Å². The van der Waals surface area contributed by atoms with Crippen molar-refractivity contribution in [2.24, 2.45) is 34.6 Å². The fraction of sp³-hybridized carbons (Fsp3) is 1.00. The topological polar surface area (TPSA) is 327 Å². The lowest BCUT2D eigenvalue weighted by molar-refractivity contribution is -0.301. The van der Waals surface area contributed by atoms with E-state index in [-0.39, 0.29) is 19.5 Å². The highest BCUT2D eigenvalue weighted by Crippen LogP contribution is 2.36. The first-order valence-electron chi connectivity index (χ1n) is 14.6. The van der Waals surface area contributed by atoms with Crippen LogP contribution in [0, 0.1) is 5.92 Å². The number of aliphatic hydroxyl groups excluding tert-OH is 7. The van der Waals surface area contributed by atoms with Crippen LogP contribution in [0.1, 0.15) is 6.42 Å². The maximum Gasteiger partial charge on any atom is 0.187 e. The molecule has 1 aliphatic carbocycles. The molecule has 0 aromatic rings. The highest BCUT2D eigenvalue weighted by molar-refractivity contribution is 6.12. The van der Waals surface area contributed by atoms with Gasteiger partial charge in [-0.2, -0.15) is 0 Å². The van der Waals surface area contributed by atoms with Crippen LogP contribution in [0.15, 0.2) is 0 Å². The van der Waals surface area contributed by atoms with Crippen LogP contribution >= 0.6 is 0 Å². The smallest absolute Gasteiger partial charge is 0.187 e. The zero-order valence-corrected chi connectivity index (χ0v) is 24.0. The zero-order valence-electron chi connectivity index (χ0n) is 24.0. The van der Waals surface area contributed by atoms with E-state index in [2.05, 4.69) is 0 Å². The Morgan fingerprint density at radius 1 is 0.605 bits per heavy atom. The molecule has 4 aliphatic rings. The maximum atomic E-state index is 11.2. The summed E-state index contributed by atoms with van der Waals surface area (Å²) >= 11 is 0. The number of rotatable bonds is 10. The van der Waals surface area contributed by atoms with Crippen molar-refractivity contribution < 1.29 is 64.2 Å². The van der Waals surface area contributed by atoms with Gasteiger partial charge in [0.25, 0.3) is 0 Å². The van der Waals surface area contributed by atoms with Crippen molar-refractivity contribution in [3.8, 4) is 0 Å². The van der Waals surface area contributed by atoms with E-state index in [1.165, 1.54) is 0 Å². The van der Waals surface area contributed by atoms with Crippen LogP contribution in [0.4, 0.5) is 0 Å². The van der Waals surface area contributed by atoms with E-state index < -0.39 is 129 Å². The van der Waals surface area contributed by atoms with Gasteiger partial charge in [0.15, 0.2) is 18.9 Å². The fourth-order valence-electron chi connectivity index (χ4n) is 6.22. The molecule has 0 bridgehead atoms. The van der Waals surface area contributed by atoms with Crippen molar-refractivity contribution in [1.82, 2.24) is 0 Å². The highest BCUT2D eigenvalue weighted by Gasteiger charge is 2.54. The van der Waals surface area contributed by atoms with Gasteiger partial charge >= 0.3 is 0 Å². The van der Waals surface area contributed by atoms with Gasteiger partial charge in [0, 0.05) is 36.9 Å². The molecule has 250 valence electrons. The number of aliphatic hydroxyl groups is 7. The molecule has 3 saturated heterocycles. The zero-order chi connectivity index (χ0) is 31.7. The van der Waals surface area contributed by atoms with E-state index in [1.54, 1.807) is 7.85 Å². The van der Waals surface area contributed by atoms with Gasteiger partial charge in [-0.25, -0.2) is 0 Å². The van der Waals surface area contributed by atoms with Crippen LogP contribution in [-0.2, 0) is 28.4 Å². The Kier molecular flexibility index (Phi) is 12.1. The summed E-state index contributed by atoms with van der Waals surface area (Å²) in [6.07, 6.45) is -16.8. The Bertz CT molecular complexity index is 889. The van der Waals surface area contributed by atoms with Crippen LogP contribution in [-0.4, -0.2) is 174 Å². The number of hydrogen-bond acceptors (Lipinski definition) is 18. The highest BCUT2D eigenvalue weighted by atomic mass is 16.8. The molecule has 3 aliphatic heterocycles. The second kappa shape index (κ2) is 14.8. The van der Waals surface area contributed by atoms with Crippen LogP contribution < -0.4 is 28.7 Å². The minimum atomic E-state index is -1.56. The second-order valence-corrected chi connectivity index (χ2v) is 11.9. The van der Waals surface area contributed by atoms with E-state index in [9.17, 15) is 35.7 Å². The lowest BCUT2D eigenvalue weighted by atomic mass is 9.76. The van der Waals surface area contributed by atoms with Gasteiger partial charge in [0.1, 0.15) is 50.6 Å². The predicted molar refractivity (Wildman–Crippen MR) is 147 cm³/mol. The Hall–Kier alpha value is -0.655. The van der Waals surface area contributed by atoms with E-state index in [0.717, 1.165) is 0 Å². The molecule has 43 heavy (non-hydrogen) atoms. The van der Waals surface area contributed by atoms with E-state index in [1.807, 2.05) is 0 Å². The Morgan fingerprint density at radius 2 is 1.16 bits per heavy atom. The summed E-state index contributed by atoms with van der Waals surface area (Å²) in [7, 11) is 1.60. The minimum Gasteiger partial charge on any atom is -0.396 e. The molecule has 0 radical (unpaired) electrons. The molecule has 4 fully saturated rings. The van der Waals surface area contributed by atoms with Gasteiger partial charge < -0.3 is 92.8 Å². The quantitative estimate of drug-likeness (QED) is 0.100. The van der Waals surface area contributed by atoms with Crippen LogP contribution in [0.25, 0.3) is 0 Å². The van der Waals surface area contributed by atoms with E-state index in [4.69, 9.17) is 57.1 Å². The van der Waals surface area contributed by atoms with Crippen molar-refractivity contribution in [3.63, 3.8) is 0 Å². The summed E-state index contributed by atoms with van der Waals surface area (Å²) in [5.41, 5.74) is 30.1. The molecule has 4 rings (SSSR count). The average Bonchev–Trinajstić information content (AvgIpc) is 3.28. The Balaban J connectivity index is 1.50. The van der Waals surface area contributed by atoms with Crippen molar-refractivity contribution in [1.29, 1.82) is 0 Å². The molecule has 19 atom stereocenters. The predicted octanol–water partition coefficient (Wildman–Crippen LogP) is -8.55. The van der Waals surface area contributed by atoms with Crippen LogP contribution in [0.2, 0.25) is 5.82 Å². The third-order valence-corrected chi connectivity index (χ3v) is 9.03. The summed E-state index contributed by atoms with van der Waals surface area (Å²) in [5, 5.41) is 73.2.